The zero-order valence-corrected chi connectivity index (χ0v) is 17.0. The smallest absolute Gasteiger partial charge is 0.225 e. The van der Waals surface area contributed by atoms with Gasteiger partial charge in [-0.2, -0.15) is 4.98 Å². The normalized spacial score (nSPS) is 11.3. The third-order valence-electron chi connectivity index (χ3n) is 4.86. The quantitative estimate of drug-likeness (QED) is 0.439. The summed E-state index contributed by atoms with van der Waals surface area (Å²) in [5.74, 6) is 1.63. The summed E-state index contributed by atoms with van der Waals surface area (Å²) in [5, 5.41) is 7.98. The lowest BCUT2D eigenvalue weighted by Crippen LogP contribution is -2.25. The van der Waals surface area contributed by atoms with Gasteiger partial charge in [0.15, 0.2) is 0 Å². The van der Waals surface area contributed by atoms with Crippen LogP contribution in [0.2, 0.25) is 0 Å². The van der Waals surface area contributed by atoms with E-state index in [1.165, 1.54) is 12.8 Å². The van der Waals surface area contributed by atoms with Crippen molar-refractivity contribution >= 4 is 22.7 Å². The number of rotatable bonds is 14. The second-order valence-corrected chi connectivity index (χ2v) is 6.85. The lowest BCUT2D eigenvalue weighted by atomic mass is 10.2. The van der Waals surface area contributed by atoms with E-state index in [2.05, 4.69) is 40.4 Å². The summed E-state index contributed by atoms with van der Waals surface area (Å²) in [6.07, 6.45) is 5.70. The van der Waals surface area contributed by atoms with Crippen LogP contribution in [0.5, 0.6) is 0 Å². The Kier molecular flexibility index (Phi) is 9.87. The summed E-state index contributed by atoms with van der Waals surface area (Å²) in [4.78, 5) is 11.8. The number of hydrogen-bond donors (Lipinski definition) is 3. The van der Waals surface area contributed by atoms with Gasteiger partial charge in [0.25, 0.3) is 0 Å². The average molecular weight is 373 g/mol. The van der Waals surface area contributed by atoms with Gasteiger partial charge in [-0.3, -0.25) is 0 Å². The SMILES string of the molecule is CCN(CC)CCCNc1nc(NCCCCCCN)nc2ccccc12. The molecule has 0 amide bonds. The Balaban J connectivity index is 1.93. The predicted octanol–water partition coefficient (Wildman–Crippen LogP) is 3.70. The van der Waals surface area contributed by atoms with E-state index in [-0.39, 0.29) is 0 Å². The first-order valence-corrected chi connectivity index (χ1v) is 10.5. The van der Waals surface area contributed by atoms with Crippen molar-refractivity contribution < 1.29 is 0 Å². The maximum absolute atomic E-state index is 5.54. The molecule has 1 aromatic heterocycles. The van der Waals surface area contributed by atoms with E-state index in [0.717, 1.165) is 75.3 Å². The van der Waals surface area contributed by atoms with Crippen molar-refractivity contribution in [3.8, 4) is 0 Å². The second kappa shape index (κ2) is 12.5. The Morgan fingerprint density at radius 2 is 1.63 bits per heavy atom. The van der Waals surface area contributed by atoms with Gasteiger partial charge in [0, 0.05) is 18.5 Å². The Morgan fingerprint density at radius 1 is 0.889 bits per heavy atom. The number of nitrogens with two attached hydrogens (primary N) is 1. The van der Waals surface area contributed by atoms with E-state index in [0.29, 0.717) is 5.95 Å². The molecule has 6 nitrogen and oxygen atoms in total. The molecule has 0 spiro atoms. The van der Waals surface area contributed by atoms with Crippen LogP contribution >= 0.6 is 0 Å². The molecule has 0 aliphatic heterocycles. The molecule has 0 bridgehead atoms. The van der Waals surface area contributed by atoms with Crippen LogP contribution in [0.1, 0.15) is 46.0 Å². The minimum Gasteiger partial charge on any atom is -0.369 e. The Hall–Kier alpha value is -1.92. The van der Waals surface area contributed by atoms with E-state index in [9.17, 15) is 0 Å². The van der Waals surface area contributed by atoms with Crippen LogP contribution in [0.15, 0.2) is 24.3 Å². The molecule has 4 N–H and O–H groups in total. The number of nitrogens with zero attached hydrogens (tertiary/aromatic N) is 3. The monoisotopic (exact) mass is 372 g/mol. The highest BCUT2D eigenvalue weighted by Crippen LogP contribution is 2.21. The number of unbranched alkanes of at least 4 members (excludes halogenated alkanes) is 3. The number of benzene rings is 1. The summed E-state index contributed by atoms with van der Waals surface area (Å²) < 4.78 is 0. The number of hydrogen-bond acceptors (Lipinski definition) is 6. The summed E-state index contributed by atoms with van der Waals surface area (Å²) in [6.45, 7) is 10.3. The Morgan fingerprint density at radius 3 is 2.41 bits per heavy atom. The molecule has 2 rings (SSSR count). The van der Waals surface area contributed by atoms with E-state index in [4.69, 9.17) is 10.7 Å². The van der Waals surface area contributed by atoms with Crippen molar-refractivity contribution in [3.05, 3.63) is 24.3 Å². The Labute approximate surface area is 163 Å². The zero-order chi connectivity index (χ0) is 19.3. The fourth-order valence-corrected chi connectivity index (χ4v) is 3.16. The van der Waals surface area contributed by atoms with E-state index in [1.807, 2.05) is 18.2 Å². The number of nitrogens with one attached hydrogen (secondary N) is 2. The molecular formula is C21H36N6. The highest BCUT2D eigenvalue weighted by Gasteiger charge is 2.07. The molecule has 0 saturated heterocycles. The minimum absolute atomic E-state index is 0.707. The molecule has 150 valence electrons. The van der Waals surface area contributed by atoms with Gasteiger partial charge in [0.2, 0.25) is 5.95 Å². The summed E-state index contributed by atoms with van der Waals surface area (Å²) in [7, 11) is 0. The van der Waals surface area contributed by atoms with Crippen molar-refractivity contribution in [2.45, 2.75) is 46.0 Å². The average Bonchev–Trinajstić information content (AvgIpc) is 2.70. The molecule has 6 heteroatoms. The van der Waals surface area contributed by atoms with Gasteiger partial charge in [-0.1, -0.05) is 38.8 Å². The largest absolute Gasteiger partial charge is 0.369 e. The third kappa shape index (κ3) is 7.31. The summed E-state index contributed by atoms with van der Waals surface area (Å²) in [6, 6.07) is 8.19. The molecule has 27 heavy (non-hydrogen) atoms. The van der Waals surface area contributed by atoms with Gasteiger partial charge in [0.1, 0.15) is 5.82 Å². The second-order valence-electron chi connectivity index (χ2n) is 6.85. The topological polar surface area (TPSA) is 79.1 Å². The molecule has 1 heterocycles. The van der Waals surface area contributed by atoms with Crippen LogP contribution in [-0.4, -0.2) is 54.1 Å². The highest BCUT2D eigenvalue weighted by molar-refractivity contribution is 5.89. The van der Waals surface area contributed by atoms with Gasteiger partial charge in [-0.05, 0) is 57.6 Å². The molecule has 0 aliphatic rings. The fraction of sp³-hybridized carbons (Fsp3) is 0.619. The maximum atomic E-state index is 5.54. The first-order valence-electron chi connectivity index (χ1n) is 10.5. The lowest BCUT2D eigenvalue weighted by Gasteiger charge is -2.18. The fourth-order valence-electron chi connectivity index (χ4n) is 3.16. The van der Waals surface area contributed by atoms with Crippen molar-refractivity contribution in [1.29, 1.82) is 0 Å². The van der Waals surface area contributed by atoms with E-state index in [1.54, 1.807) is 0 Å². The Bertz CT molecular complexity index is 656. The number of aromatic nitrogens is 2. The first-order chi connectivity index (χ1) is 13.3. The molecule has 0 saturated carbocycles. The van der Waals surface area contributed by atoms with Crippen molar-refractivity contribution in [2.75, 3.05) is 49.9 Å². The van der Waals surface area contributed by atoms with Gasteiger partial charge in [-0.25, -0.2) is 4.98 Å². The molecule has 2 aromatic rings. The van der Waals surface area contributed by atoms with Crippen LogP contribution in [0, 0.1) is 0 Å². The molecular weight excluding hydrogens is 336 g/mol. The van der Waals surface area contributed by atoms with Crippen LogP contribution in [0.4, 0.5) is 11.8 Å². The van der Waals surface area contributed by atoms with Crippen molar-refractivity contribution in [1.82, 2.24) is 14.9 Å². The number of para-hydroxylation sites is 1. The highest BCUT2D eigenvalue weighted by atomic mass is 15.1. The van der Waals surface area contributed by atoms with Crippen molar-refractivity contribution in [2.24, 2.45) is 5.73 Å². The number of fused-ring (bicyclic) bond motifs is 1. The molecule has 0 radical (unpaired) electrons. The van der Waals surface area contributed by atoms with Crippen LogP contribution < -0.4 is 16.4 Å². The lowest BCUT2D eigenvalue weighted by molar-refractivity contribution is 0.303. The molecule has 1 aromatic carbocycles. The molecule has 0 unspecified atom stereocenters. The van der Waals surface area contributed by atoms with E-state index >= 15 is 0 Å². The van der Waals surface area contributed by atoms with Crippen LogP contribution in [0.25, 0.3) is 10.9 Å². The minimum atomic E-state index is 0.707. The molecule has 0 fully saturated rings. The molecule has 0 aliphatic carbocycles. The number of anilines is 2. The van der Waals surface area contributed by atoms with Crippen molar-refractivity contribution in [3.63, 3.8) is 0 Å². The zero-order valence-electron chi connectivity index (χ0n) is 17.0. The maximum Gasteiger partial charge on any atom is 0.225 e. The van der Waals surface area contributed by atoms with Crippen LogP contribution in [-0.2, 0) is 0 Å². The van der Waals surface area contributed by atoms with E-state index < -0.39 is 0 Å². The third-order valence-corrected chi connectivity index (χ3v) is 4.86. The standard InChI is InChI=1S/C21H36N6/c1-3-27(4-2)17-11-16-23-20-18-12-7-8-13-19(18)25-21(26-20)24-15-10-6-5-9-14-22/h7-8,12-13H,3-6,9-11,14-17,22H2,1-2H3,(H2,23,24,25,26). The first kappa shape index (κ1) is 21.4. The summed E-state index contributed by atoms with van der Waals surface area (Å²) >= 11 is 0. The van der Waals surface area contributed by atoms with Gasteiger partial charge in [0.05, 0.1) is 5.52 Å². The van der Waals surface area contributed by atoms with Crippen LogP contribution in [0.3, 0.4) is 0 Å². The molecule has 0 atom stereocenters. The van der Waals surface area contributed by atoms with Gasteiger partial charge in [-0.15, -0.1) is 0 Å². The summed E-state index contributed by atoms with van der Waals surface area (Å²) in [5.41, 5.74) is 6.52. The predicted molar refractivity (Wildman–Crippen MR) is 116 cm³/mol. The van der Waals surface area contributed by atoms with Gasteiger partial charge >= 0.3 is 0 Å². The van der Waals surface area contributed by atoms with Gasteiger partial charge < -0.3 is 21.3 Å².